The summed E-state index contributed by atoms with van der Waals surface area (Å²) in [6.07, 6.45) is 0. The molecule has 0 aliphatic heterocycles. The third-order valence-electron chi connectivity index (χ3n) is 3.64. The Bertz CT molecular complexity index is 891. The molecule has 0 saturated carbocycles. The van der Waals surface area contributed by atoms with Crippen LogP contribution in [0.4, 0.5) is 0 Å². The summed E-state index contributed by atoms with van der Waals surface area (Å²) in [5, 5.41) is 10.1. The summed E-state index contributed by atoms with van der Waals surface area (Å²) in [6.45, 7) is 0. The highest BCUT2D eigenvalue weighted by Gasteiger charge is 2.22. The molecule has 0 spiro atoms. The zero-order valence-electron chi connectivity index (χ0n) is 12.7. The summed E-state index contributed by atoms with van der Waals surface area (Å²) >= 11 is 5.98. The van der Waals surface area contributed by atoms with Crippen LogP contribution in [0.15, 0.2) is 84.9 Å². The quantitative estimate of drug-likeness (QED) is 0.533. The molecule has 0 aliphatic rings. The Labute approximate surface area is 144 Å². The van der Waals surface area contributed by atoms with Crippen LogP contribution in [0.3, 0.4) is 0 Å². The Balaban J connectivity index is 1.89. The first-order valence-electron chi connectivity index (χ1n) is 7.58. The second-order valence-electron chi connectivity index (χ2n) is 5.28. The molecule has 4 nitrogen and oxygen atoms in total. The van der Waals surface area contributed by atoms with E-state index in [9.17, 15) is 0 Å². The SMILES string of the molecule is Clc1ccc(-c2nn(-c3ccccc3)[n+](-c3ccccc3)n2)cc1. The first kappa shape index (κ1) is 14.6. The molecular weight excluding hydrogens is 320 g/mol. The van der Waals surface area contributed by atoms with Gasteiger partial charge < -0.3 is 0 Å². The van der Waals surface area contributed by atoms with E-state index < -0.39 is 0 Å². The van der Waals surface area contributed by atoms with Crippen LogP contribution < -0.4 is 4.80 Å². The Hall–Kier alpha value is -2.98. The number of benzene rings is 3. The lowest BCUT2D eigenvalue weighted by atomic mass is 10.2. The lowest BCUT2D eigenvalue weighted by molar-refractivity contribution is -0.734. The maximum atomic E-state index is 5.98. The fourth-order valence-corrected chi connectivity index (χ4v) is 2.58. The van der Waals surface area contributed by atoms with E-state index in [1.807, 2.05) is 84.9 Å². The van der Waals surface area contributed by atoms with Gasteiger partial charge in [0.1, 0.15) is 5.69 Å². The maximum absolute atomic E-state index is 5.98. The summed E-state index contributed by atoms with van der Waals surface area (Å²) < 4.78 is 0. The third-order valence-corrected chi connectivity index (χ3v) is 3.89. The standard InChI is InChI=1S/C19H14ClN4/c20-16-13-11-15(12-14-16)19-21-23(17-7-3-1-4-8-17)24(22-19)18-9-5-2-6-10-18/h1-14H/q+1. The molecule has 0 atom stereocenters. The zero-order valence-corrected chi connectivity index (χ0v) is 13.5. The smallest absolute Gasteiger partial charge is 0.0843 e. The molecule has 24 heavy (non-hydrogen) atoms. The van der Waals surface area contributed by atoms with Crippen molar-refractivity contribution >= 4 is 11.6 Å². The van der Waals surface area contributed by atoms with Crippen LogP contribution in [0.5, 0.6) is 0 Å². The Morgan fingerprint density at radius 3 is 2.04 bits per heavy atom. The van der Waals surface area contributed by atoms with Gasteiger partial charge in [0.05, 0.1) is 10.7 Å². The van der Waals surface area contributed by atoms with E-state index in [2.05, 4.69) is 10.2 Å². The van der Waals surface area contributed by atoms with Crippen molar-refractivity contribution in [1.82, 2.24) is 15.0 Å². The van der Waals surface area contributed by atoms with Gasteiger partial charge in [-0.25, -0.2) is 0 Å². The van der Waals surface area contributed by atoms with Gasteiger partial charge in [0.15, 0.2) is 5.69 Å². The molecule has 0 amide bonds. The largest absolute Gasteiger partial charge is 0.340 e. The number of rotatable bonds is 3. The second kappa shape index (κ2) is 6.26. The monoisotopic (exact) mass is 333 g/mol. The van der Waals surface area contributed by atoms with E-state index in [4.69, 9.17) is 11.6 Å². The summed E-state index contributed by atoms with van der Waals surface area (Å²) in [4.78, 5) is 3.58. The summed E-state index contributed by atoms with van der Waals surface area (Å²) in [5.41, 5.74) is 2.79. The maximum Gasteiger partial charge on any atom is 0.340 e. The van der Waals surface area contributed by atoms with Crippen molar-refractivity contribution in [2.45, 2.75) is 0 Å². The summed E-state index contributed by atoms with van der Waals surface area (Å²) in [7, 11) is 0. The van der Waals surface area contributed by atoms with Gasteiger partial charge >= 0.3 is 5.82 Å². The minimum atomic E-state index is 0.638. The molecule has 0 N–H and O–H groups in total. The van der Waals surface area contributed by atoms with E-state index >= 15 is 0 Å². The Kier molecular flexibility index (Phi) is 3.81. The normalized spacial score (nSPS) is 10.7. The molecule has 5 heteroatoms. The first-order valence-corrected chi connectivity index (χ1v) is 7.95. The van der Waals surface area contributed by atoms with Crippen LogP contribution in [0.1, 0.15) is 0 Å². The molecule has 3 aromatic carbocycles. The summed E-state index contributed by atoms with van der Waals surface area (Å²) in [6, 6.07) is 27.4. The van der Waals surface area contributed by atoms with Gasteiger partial charge in [0.2, 0.25) is 0 Å². The number of para-hydroxylation sites is 2. The molecule has 4 aromatic rings. The molecule has 0 fully saturated rings. The first-order chi connectivity index (χ1) is 11.8. The van der Waals surface area contributed by atoms with E-state index in [0.717, 1.165) is 16.9 Å². The van der Waals surface area contributed by atoms with Crippen molar-refractivity contribution in [3.8, 4) is 22.8 Å². The Morgan fingerprint density at radius 2 is 1.38 bits per heavy atom. The molecule has 0 unspecified atom stereocenters. The van der Waals surface area contributed by atoms with Gasteiger partial charge in [-0.3, -0.25) is 0 Å². The minimum absolute atomic E-state index is 0.638. The van der Waals surface area contributed by atoms with Crippen molar-refractivity contribution in [2.75, 3.05) is 0 Å². The molecule has 116 valence electrons. The number of tetrazole rings is 1. The number of hydrogen-bond acceptors (Lipinski definition) is 2. The number of halogens is 1. The Morgan fingerprint density at radius 1 is 0.750 bits per heavy atom. The summed E-state index contributed by atoms with van der Waals surface area (Å²) in [5.74, 6) is 0.638. The van der Waals surface area contributed by atoms with Crippen molar-refractivity contribution < 1.29 is 4.80 Å². The molecule has 0 saturated heterocycles. The van der Waals surface area contributed by atoms with Gasteiger partial charge in [-0.15, -0.1) is 0 Å². The lowest BCUT2D eigenvalue weighted by Crippen LogP contribution is -2.43. The average molecular weight is 334 g/mol. The fraction of sp³-hybridized carbons (Fsp3) is 0. The zero-order chi connectivity index (χ0) is 16.4. The van der Waals surface area contributed by atoms with Crippen molar-refractivity contribution in [3.63, 3.8) is 0 Å². The number of nitrogens with zero attached hydrogens (tertiary/aromatic N) is 4. The van der Waals surface area contributed by atoms with Crippen LogP contribution in [0.25, 0.3) is 22.8 Å². The van der Waals surface area contributed by atoms with Gasteiger partial charge in [-0.05, 0) is 58.4 Å². The van der Waals surface area contributed by atoms with E-state index in [1.165, 1.54) is 0 Å². The molecule has 1 heterocycles. The van der Waals surface area contributed by atoms with Gasteiger partial charge in [0, 0.05) is 9.82 Å². The fourth-order valence-electron chi connectivity index (χ4n) is 2.46. The van der Waals surface area contributed by atoms with Crippen LogP contribution in [0.2, 0.25) is 5.02 Å². The highest BCUT2D eigenvalue weighted by molar-refractivity contribution is 6.30. The predicted molar refractivity (Wildman–Crippen MR) is 93.3 cm³/mol. The van der Waals surface area contributed by atoms with Crippen molar-refractivity contribution in [1.29, 1.82) is 0 Å². The third kappa shape index (κ3) is 2.79. The topological polar surface area (TPSA) is 34.6 Å². The predicted octanol–water partition coefficient (Wildman–Crippen LogP) is 3.86. The second-order valence-corrected chi connectivity index (χ2v) is 5.72. The van der Waals surface area contributed by atoms with Gasteiger partial charge in [0.25, 0.3) is 0 Å². The van der Waals surface area contributed by atoms with Crippen molar-refractivity contribution in [3.05, 3.63) is 90.0 Å². The molecule has 4 rings (SSSR count). The average Bonchev–Trinajstić information content (AvgIpc) is 3.09. The number of hydrogen-bond donors (Lipinski definition) is 0. The van der Waals surface area contributed by atoms with E-state index in [1.54, 1.807) is 9.59 Å². The highest BCUT2D eigenvalue weighted by atomic mass is 35.5. The van der Waals surface area contributed by atoms with Gasteiger partial charge in [-0.2, -0.15) is 0 Å². The van der Waals surface area contributed by atoms with Crippen LogP contribution in [-0.2, 0) is 0 Å². The molecule has 1 aromatic heterocycles. The minimum Gasteiger partial charge on any atom is -0.0843 e. The van der Waals surface area contributed by atoms with Crippen molar-refractivity contribution in [2.24, 2.45) is 0 Å². The molecule has 0 radical (unpaired) electrons. The van der Waals surface area contributed by atoms with Gasteiger partial charge in [-0.1, -0.05) is 48.0 Å². The van der Waals surface area contributed by atoms with E-state index in [0.29, 0.717) is 10.8 Å². The van der Waals surface area contributed by atoms with Crippen LogP contribution >= 0.6 is 11.6 Å². The highest BCUT2D eigenvalue weighted by Crippen LogP contribution is 2.18. The van der Waals surface area contributed by atoms with Crippen LogP contribution in [-0.4, -0.2) is 15.0 Å². The molecule has 0 aliphatic carbocycles. The van der Waals surface area contributed by atoms with E-state index in [-0.39, 0.29) is 0 Å². The molecular formula is C19H14ClN4+. The molecule has 0 bridgehead atoms. The number of aromatic nitrogens is 4. The van der Waals surface area contributed by atoms with Crippen LogP contribution in [0, 0.1) is 0 Å². The lowest BCUT2D eigenvalue weighted by Gasteiger charge is -1.98.